The van der Waals surface area contributed by atoms with Gasteiger partial charge in [-0.25, -0.2) is 18.5 Å². The van der Waals surface area contributed by atoms with Gasteiger partial charge in [0, 0.05) is 12.2 Å². The van der Waals surface area contributed by atoms with E-state index in [2.05, 4.69) is 15.0 Å². The topological polar surface area (TPSA) is 115 Å². The molecule has 0 bridgehead atoms. The predicted molar refractivity (Wildman–Crippen MR) is 95.6 cm³/mol. The van der Waals surface area contributed by atoms with Crippen molar-refractivity contribution >= 4 is 38.1 Å². The molecule has 1 atom stereocenters. The maximum absolute atomic E-state index is 12.7. The van der Waals surface area contributed by atoms with Gasteiger partial charge in [-0.1, -0.05) is 11.3 Å². The second kappa shape index (κ2) is 7.74. The Bertz CT molecular complexity index is 918. The Morgan fingerprint density at radius 2 is 2.04 bits per heavy atom. The number of carbonyl (C=O) groups excluding carboxylic acids is 1. The van der Waals surface area contributed by atoms with E-state index in [0.29, 0.717) is 25.1 Å². The number of anilines is 2. The Morgan fingerprint density at radius 1 is 1.33 bits per heavy atom. The minimum atomic E-state index is -3.85. The number of amides is 1. The van der Waals surface area contributed by atoms with Gasteiger partial charge in [0.2, 0.25) is 15.9 Å². The number of hydrogen-bond acceptors (Lipinski definition) is 7. The summed E-state index contributed by atoms with van der Waals surface area (Å²) in [6.45, 7) is -2.44. The third-order valence-electron chi connectivity index (χ3n) is 3.87. The van der Waals surface area contributed by atoms with E-state index in [1.54, 1.807) is 0 Å². The normalized spacial score (nSPS) is 18.0. The first-order valence-corrected chi connectivity index (χ1v) is 10.2. The summed E-state index contributed by atoms with van der Waals surface area (Å²) in [6, 6.07) is 5.20. The van der Waals surface area contributed by atoms with Crippen LogP contribution in [-0.2, 0) is 14.8 Å². The van der Waals surface area contributed by atoms with Crippen LogP contribution in [-0.4, -0.2) is 38.5 Å². The Kier molecular flexibility index (Phi) is 5.58. The molecule has 2 aromatic rings. The van der Waals surface area contributed by atoms with E-state index in [-0.39, 0.29) is 21.0 Å². The van der Waals surface area contributed by atoms with E-state index in [1.165, 1.54) is 29.2 Å². The molecule has 1 aliphatic rings. The molecular formula is C15H16F2N4O4S2. The number of nitrogens with two attached hydrogens (primary N) is 1. The van der Waals surface area contributed by atoms with Gasteiger partial charge in [-0.2, -0.15) is 8.78 Å². The first kappa shape index (κ1) is 19.5. The van der Waals surface area contributed by atoms with Gasteiger partial charge >= 0.3 is 6.61 Å². The molecule has 3 N–H and O–H groups in total. The largest absolute Gasteiger partial charge is 0.435 e. The summed E-state index contributed by atoms with van der Waals surface area (Å²) in [5, 5.41) is 8.26. The lowest BCUT2D eigenvalue weighted by Gasteiger charge is -2.32. The zero-order valence-electron chi connectivity index (χ0n) is 13.8. The van der Waals surface area contributed by atoms with Gasteiger partial charge in [0.05, 0.1) is 6.20 Å². The van der Waals surface area contributed by atoms with Gasteiger partial charge in [-0.3, -0.25) is 4.79 Å². The molecule has 1 aromatic heterocycles. The molecule has 0 radical (unpaired) electrons. The standard InChI is InChI=1S/C15H16F2N4O4S2/c16-14(17)25-10-5-3-9(4-6-10)21-7-1-2-11(13(21)22)20-15-19-8-12(26-15)27(18,23)24/h3-6,8,11,14H,1-2,7H2,(H,19,20)(H2,18,23,24). The van der Waals surface area contributed by atoms with E-state index < -0.39 is 22.7 Å². The lowest BCUT2D eigenvalue weighted by molar-refractivity contribution is -0.120. The Balaban J connectivity index is 1.71. The fourth-order valence-electron chi connectivity index (χ4n) is 2.68. The van der Waals surface area contributed by atoms with E-state index in [0.717, 1.165) is 17.5 Å². The molecule has 146 valence electrons. The number of aromatic nitrogens is 1. The van der Waals surface area contributed by atoms with E-state index >= 15 is 0 Å². The zero-order valence-corrected chi connectivity index (χ0v) is 15.5. The second-order valence-corrected chi connectivity index (χ2v) is 8.55. The Hall–Kier alpha value is -2.31. The van der Waals surface area contributed by atoms with Crippen molar-refractivity contribution in [2.75, 3.05) is 16.8 Å². The molecule has 0 spiro atoms. The third-order valence-corrected chi connectivity index (χ3v) is 6.21. The molecule has 2 heterocycles. The highest BCUT2D eigenvalue weighted by atomic mass is 32.2. The van der Waals surface area contributed by atoms with Crippen LogP contribution in [0.4, 0.5) is 19.6 Å². The number of alkyl halides is 2. The maximum Gasteiger partial charge on any atom is 0.387 e. The SMILES string of the molecule is NS(=O)(=O)c1cnc(NC2CCCN(c3ccc(OC(F)F)cc3)C2=O)s1. The molecule has 3 rings (SSSR count). The van der Waals surface area contributed by atoms with Crippen molar-refractivity contribution in [1.82, 2.24) is 4.98 Å². The monoisotopic (exact) mass is 418 g/mol. The lowest BCUT2D eigenvalue weighted by Crippen LogP contribution is -2.47. The van der Waals surface area contributed by atoms with Crippen molar-refractivity contribution in [1.29, 1.82) is 0 Å². The second-order valence-electron chi connectivity index (χ2n) is 5.73. The van der Waals surface area contributed by atoms with Gasteiger partial charge in [0.1, 0.15) is 11.8 Å². The Morgan fingerprint density at radius 3 is 2.63 bits per heavy atom. The number of rotatable bonds is 6. The molecule has 1 saturated heterocycles. The number of nitrogens with zero attached hydrogens (tertiary/aromatic N) is 2. The van der Waals surface area contributed by atoms with Gasteiger partial charge in [0.25, 0.3) is 0 Å². The fourth-order valence-corrected chi connectivity index (χ4v) is 4.18. The van der Waals surface area contributed by atoms with Crippen LogP contribution in [0.15, 0.2) is 34.7 Å². The molecular weight excluding hydrogens is 402 g/mol. The van der Waals surface area contributed by atoms with Crippen LogP contribution in [0.1, 0.15) is 12.8 Å². The third kappa shape index (κ3) is 4.70. The van der Waals surface area contributed by atoms with Crippen LogP contribution < -0.4 is 20.1 Å². The summed E-state index contributed by atoms with van der Waals surface area (Å²) < 4.78 is 51.3. The summed E-state index contributed by atoms with van der Waals surface area (Å²) >= 11 is 0.847. The smallest absolute Gasteiger partial charge is 0.387 e. The lowest BCUT2D eigenvalue weighted by atomic mass is 10.0. The molecule has 8 nitrogen and oxygen atoms in total. The molecule has 1 aromatic carbocycles. The number of halogens is 2. The maximum atomic E-state index is 12.7. The summed E-state index contributed by atoms with van der Waals surface area (Å²) in [5.41, 5.74) is 0.553. The number of hydrogen-bond donors (Lipinski definition) is 2. The quantitative estimate of drug-likeness (QED) is 0.742. The highest BCUT2D eigenvalue weighted by Crippen LogP contribution is 2.27. The van der Waals surface area contributed by atoms with Crippen LogP contribution >= 0.6 is 11.3 Å². The van der Waals surface area contributed by atoms with Crippen molar-refractivity contribution < 1.29 is 26.7 Å². The summed E-state index contributed by atoms with van der Waals surface area (Å²) in [6.07, 6.45) is 2.38. The minimum absolute atomic E-state index is 0.00573. The highest BCUT2D eigenvalue weighted by Gasteiger charge is 2.30. The molecule has 12 heteroatoms. The van der Waals surface area contributed by atoms with Gasteiger partial charge in [0.15, 0.2) is 9.34 Å². The van der Waals surface area contributed by atoms with Gasteiger partial charge in [-0.15, -0.1) is 0 Å². The molecule has 1 unspecified atom stereocenters. The number of carbonyl (C=O) groups is 1. The first-order chi connectivity index (χ1) is 12.7. The van der Waals surface area contributed by atoms with Crippen LogP contribution in [0.5, 0.6) is 5.75 Å². The molecule has 1 amide bonds. The average Bonchev–Trinajstić information content (AvgIpc) is 3.06. The number of nitrogens with one attached hydrogen (secondary N) is 1. The van der Waals surface area contributed by atoms with Crippen molar-refractivity contribution in [2.24, 2.45) is 5.14 Å². The summed E-state index contributed by atoms with van der Waals surface area (Å²) in [7, 11) is -3.85. The number of ether oxygens (including phenoxy) is 1. The Labute approximate surface area is 158 Å². The van der Waals surface area contributed by atoms with E-state index in [1.807, 2.05) is 0 Å². The van der Waals surface area contributed by atoms with Crippen LogP contribution in [0.2, 0.25) is 0 Å². The van der Waals surface area contributed by atoms with E-state index in [4.69, 9.17) is 5.14 Å². The molecule has 1 aliphatic heterocycles. The summed E-state index contributed by atoms with van der Waals surface area (Å²) in [5.74, 6) is -0.220. The number of piperidine rings is 1. The first-order valence-electron chi connectivity index (χ1n) is 7.85. The minimum Gasteiger partial charge on any atom is -0.435 e. The zero-order chi connectivity index (χ0) is 19.6. The molecule has 0 aliphatic carbocycles. The van der Waals surface area contributed by atoms with Crippen LogP contribution in [0, 0.1) is 0 Å². The molecule has 0 saturated carbocycles. The number of primary sulfonamides is 1. The van der Waals surface area contributed by atoms with Crippen molar-refractivity contribution in [3.63, 3.8) is 0 Å². The van der Waals surface area contributed by atoms with Crippen LogP contribution in [0.25, 0.3) is 0 Å². The molecule has 27 heavy (non-hydrogen) atoms. The summed E-state index contributed by atoms with van der Waals surface area (Å²) in [4.78, 5) is 18.2. The number of benzene rings is 1. The number of thiazole rings is 1. The average molecular weight is 418 g/mol. The molecule has 1 fully saturated rings. The highest BCUT2D eigenvalue weighted by molar-refractivity contribution is 7.91. The van der Waals surface area contributed by atoms with Crippen molar-refractivity contribution in [3.05, 3.63) is 30.5 Å². The fraction of sp³-hybridized carbons (Fsp3) is 0.333. The van der Waals surface area contributed by atoms with Gasteiger partial charge in [-0.05, 0) is 37.1 Å². The van der Waals surface area contributed by atoms with Crippen LogP contribution in [0.3, 0.4) is 0 Å². The van der Waals surface area contributed by atoms with Crippen molar-refractivity contribution in [2.45, 2.75) is 29.7 Å². The van der Waals surface area contributed by atoms with E-state index in [9.17, 15) is 22.0 Å². The van der Waals surface area contributed by atoms with Crippen molar-refractivity contribution in [3.8, 4) is 5.75 Å². The predicted octanol–water partition coefficient (Wildman–Crippen LogP) is 2.00. The van der Waals surface area contributed by atoms with Gasteiger partial charge < -0.3 is 15.0 Å². The number of sulfonamides is 1.